The monoisotopic (exact) mass is 288 g/mol. The second kappa shape index (κ2) is 7.95. The molecule has 2 heteroatoms. The lowest BCUT2D eigenvalue weighted by atomic mass is 9.79. The molecule has 2 nitrogen and oxygen atoms in total. The lowest BCUT2D eigenvalue weighted by Gasteiger charge is -2.30. The Morgan fingerprint density at radius 1 is 1.10 bits per heavy atom. The van der Waals surface area contributed by atoms with E-state index in [1.807, 2.05) is 0 Å². The Balaban J connectivity index is 1.72. The van der Waals surface area contributed by atoms with Crippen molar-refractivity contribution in [1.29, 1.82) is 0 Å². The average Bonchev–Trinajstić information content (AvgIpc) is 2.49. The highest BCUT2D eigenvalue weighted by Crippen LogP contribution is 2.28. The molecule has 1 heterocycles. The highest BCUT2D eigenvalue weighted by Gasteiger charge is 2.23. The molecule has 1 atom stereocenters. The topological polar surface area (TPSA) is 15.3 Å². The lowest BCUT2D eigenvalue weighted by Crippen LogP contribution is -2.40. The zero-order chi connectivity index (χ0) is 15.1. The predicted molar refractivity (Wildman–Crippen MR) is 91.8 cm³/mol. The summed E-state index contributed by atoms with van der Waals surface area (Å²) in [6, 6.07) is 11.4. The van der Waals surface area contributed by atoms with Crippen LogP contribution in [0.5, 0.6) is 0 Å². The fourth-order valence-electron chi connectivity index (χ4n) is 3.50. The quantitative estimate of drug-likeness (QED) is 0.820. The van der Waals surface area contributed by atoms with Crippen LogP contribution in [0.25, 0.3) is 0 Å². The summed E-state index contributed by atoms with van der Waals surface area (Å²) in [5, 5.41) is 3.71. The highest BCUT2D eigenvalue weighted by atomic mass is 15.1. The zero-order valence-corrected chi connectivity index (χ0v) is 14.1. The maximum Gasteiger partial charge on any atom is 0.0107 e. The molecule has 0 bridgehead atoms. The molecular formula is C19H32N2. The number of rotatable bonds is 7. The van der Waals surface area contributed by atoms with Crippen molar-refractivity contribution in [3.63, 3.8) is 0 Å². The van der Waals surface area contributed by atoms with Gasteiger partial charge in [-0.05, 0) is 50.3 Å². The maximum atomic E-state index is 3.71. The summed E-state index contributed by atoms with van der Waals surface area (Å²) in [6.07, 6.45) is 5.37. The van der Waals surface area contributed by atoms with Gasteiger partial charge in [-0.25, -0.2) is 0 Å². The second-order valence-corrected chi connectivity index (χ2v) is 7.21. The standard InChI is InChI=1S/C19H32N2/c1-17(20-12-15-21-13-8-5-9-14-21)16-19(2,3)18-10-6-4-7-11-18/h4,6-7,10-11,17,20H,5,8-9,12-16H2,1-3H3. The van der Waals surface area contributed by atoms with Crippen molar-refractivity contribution in [3.8, 4) is 0 Å². The second-order valence-electron chi connectivity index (χ2n) is 7.21. The van der Waals surface area contributed by atoms with Crippen LogP contribution < -0.4 is 5.32 Å². The number of nitrogens with zero attached hydrogens (tertiary/aromatic N) is 1. The lowest BCUT2D eigenvalue weighted by molar-refractivity contribution is 0.224. The van der Waals surface area contributed by atoms with Crippen LogP contribution in [0.4, 0.5) is 0 Å². The maximum absolute atomic E-state index is 3.71. The van der Waals surface area contributed by atoms with Crippen molar-refractivity contribution in [3.05, 3.63) is 35.9 Å². The van der Waals surface area contributed by atoms with Crippen LogP contribution in [0.3, 0.4) is 0 Å². The molecule has 1 aliphatic heterocycles. The van der Waals surface area contributed by atoms with Crippen LogP contribution in [0, 0.1) is 0 Å². The molecular weight excluding hydrogens is 256 g/mol. The first-order valence-corrected chi connectivity index (χ1v) is 8.59. The molecule has 0 amide bonds. The van der Waals surface area contributed by atoms with Crippen molar-refractivity contribution in [1.82, 2.24) is 10.2 Å². The number of nitrogens with one attached hydrogen (secondary N) is 1. The Morgan fingerprint density at radius 2 is 1.76 bits per heavy atom. The first-order chi connectivity index (χ1) is 10.1. The molecule has 0 saturated carbocycles. The minimum Gasteiger partial charge on any atom is -0.313 e. The van der Waals surface area contributed by atoms with Gasteiger partial charge >= 0.3 is 0 Å². The van der Waals surface area contributed by atoms with E-state index in [1.54, 1.807) is 0 Å². The number of hydrogen-bond donors (Lipinski definition) is 1. The summed E-state index contributed by atoms with van der Waals surface area (Å²) < 4.78 is 0. The fraction of sp³-hybridized carbons (Fsp3) is 0.684. The van der Waals surface area contributed by atoms with E-state index in [0.29, 0.717) is 6.04 Å². The first-order valence-electron chi connectivity index (χ1n) is 8.59. The Morgan fingerprint density at radius 3 is 2.43 bits per heavy atom. The van der Waals surface area contributed by atoms with E-state index >= 15 is 0 Å². The molecule has 1 aromatic rings. The van der Waals surface area contributed by atoms with Crippen molar-refractivity contribution in [2.45, 2.75) is 57.9 Å². The number of hydrogen-bond acceptors (Lipinski definition) is 2. The Bertz CT molecular complexity index is 393. The number of likely N-dealkylation sites (tertiary alicyclic amines) is 1. The Kier molecular flexibility index (Phi) is 6.25. The van der Waals surface area contributed by atoms with Gasteiger partial charge in [0.2, 0.25) is 0 Å². The van der Waals surface area contributed by atoms with E-state index in [9.17, 15) is 0 Å². The predicted octanol–water partition coefficient (Wildman–Crippen LogP) is 3.82. The van der Waals surface area contributed by atoms with E-state index in [2.05, 4.69) is 61.3 Å². The molecule has 1 fully saturated rings. The van der Waals surface area contributed by atoms with Gasteiger partial charge in [-0.15, -0.1) is 0 Å². The van der Waals surface area contributed by atoms with Crippen LogP contribution >= 0.6 is 0 Å². The summed E-state index contributed by atoms with van der Waals surface area (Å²) in [7, 11) is 0. The number of piperidine rings is 1. The summed E-state index contributed by atoms with van der Waals surface area (Å²) in [6.45, 7) is 11.9. The minimum absolute atomic E-state index is 0.235. The van der Waals surface area contributed by atoms with Gasteiger partial charge < -0.3 is 10.2 Å². The molecule has 0 aliphatic carbocycles. The minimum atomic E-state index is 0.235. The molecule has 21 heavy (non-hydrogen) atoms. The van der Waals surface area contributed by atoms with E-state index in [-0.39, 0.29) is 5.41 Å². The van der Waals surface area contributed by atoms with Gasteiger partial charge in [0, 0.05) is 19.1 Å². The molecule has 1 aliphatic rings. The van der Waals surface area contributed by atoms with Gasteiger partial charge in [-0.3, -0.25) is 0 Å². The Labute approximate surface area is 130 Å². The normalized spacial score (nSPS) is 18.6. The van der Waals surface area contributed by atoms with Crippen LogP contribution in [-0.2, 0) is 5.41 Å². The number of benzene rings is 1. The molecule has 1 saturated heterocycles. The van der Waals surface area contributed by atoms with Crippen LogP contribution in [0.15, 0.2) is 30.3 Å². The first kappa shape index (κ1) is 16.5. The molecule has 1 N–H and O–H groups in total. The summed E-state index contributed by atoms with van der Waals surface area (Å²) in [5.74, 6) is 0. The van der Waals surface area contributed by atoms with E-state index in [0.717, 1.165) is 6.54 Å². The molecule has 1 aromatic carbocycles. The molecule has 0 aromatic heterocycles. The third-order valence-corrected chi connectivity index (χ3v) is 4.74. The molecule has 2 rings (SSSR count). The largest absolute Gasteiger partial charge is 0.313 e. The smallest absolute Gasteiger partial charge is 0.0107 e. The van der Waals surface area contributed by atoms with Gasteiger partial charge in [0.25, 0.3) is 0 Å². The van der Waals surface area contributed by atoms with Crippen molar-refractivity contribution >= 4 is 0 Å². The van der Waals surface area contributed by atoms with Crippen LogP contribution in [-0.4, -0.2) is 37.1 Å². The molecule has 118 valence electrons. The summed E-state index contributed by atoms with van der Waals surface area (Å²) >= 11 is 0. The fourth-order valence-corrected chi connectivity index (χ4v) is 3.50. The van der Waals surface area contributed by atoms with Crippen LogP contribution in [0.2, 0.25) is 0 Å². The van der Waals surface area contributed by atoms with Crippen molar-refractivity contribution < 1.29 is 0 Å². The molecule has 0 spiro atoms. The van der Waals surface area contributed by atoms with E-state index in [4.69, 9.17) is 0 Å². The third-order valence-electron chi connectivity index (χ3n) is 4.74. The zero-order valence-electron chi connectivity index (χ0n) is 14.1. The van der Waals surface area contributed by atoms with Gasteiger partial charge in [0.1, 0.15) is 0 Å². The van der Waals surface area contributed by atoms with E-state index in [1.165, 1.54) is 50.9 Å². The van der Waals surface area contributed by atoms with Gasteiger partial charge in [-0.1, -0.05) is 50.6 Å². The van der Waals surface area contributed by atoms with Gasteiger partial charge in [0.05, 0.1) is 0 Å². The van der Waals surface area contributed by atoms with Gasteiger partial charge in [0.15, 0.2) is 0 Å². The highest BCUT2D eigenvalue weighted by molar-refractivity contribution is 5.23. The van der Waals surface area contributed by atoms with Crippen molar-refractivity contribution in [2.75, 3.05) is 26.2 Å². The average molecular weight is 288 g/mol. The summed E-state index contributed by atoms with van der Waals surface area (Å²) in [4.78, 5) is 2.60. The van der Waals surface area contributed by atoms with E-state index < -0.39 is 0 Å². The third kappa shape index (κ3) is 5.44. The summed E-state index contributed by atoms with van der Waals surface area (Å²) in [5.41, 5.74) is 1.67. The molecule has 0 radical (unpaired) electrons. The van der Waals surface area contributed by atoms with Crippen molar-refractivity contribution in [2.24, 2.45) is 0 Å². The van der Waals surface area contributed by atoms with Crippen LogP contribution in [0.1, 0.15) is 52.0 Å². The Hall–Kier alpha value is -0.860. The molecule has 1 unspecified atom stereocenters. The van der Waals surface area contributed by atoms with Gasteiger partial charge in [-0.2, -0.15) is 0 Å². The SMILES string of the molecule is CC(CC(C)(C)c1ccccc1)NCCN1CCCCC1.